The number of carbonyl (C=O) groups is 1. The van der Waals surface area contributed by atoms with E-state index in [-0.39, 0.29) is 6.04 Å². The Morgan fingerprint density at radius 3 is 2.96 bits per heavy atom. The largest absolute Gasteiger partial charge is 0.489 e. The van der Waals surface area contributed by atoms with E-state index in [9.17, 15) is 9.90 Å². The average Bonchev–Trinajstić information content (AvgIpc) is 3.10. The molecule has 1 N–H and O–H groups in total. The van der Waals surface area contributed by atoms with Crippen molar-refractivity contribution in [2.24, 2.45) is 5.92 Å². The molecule has 1 aliphatic rings. The molecule has 4 rings (SSSR count). The van der Waals surface area contributed by atoms with Crippen molar-refractivity contribution in [3.05, 3.63) is 48.7 Å². The van der Waals surface area contributed by atoms with Crippen molar-refractivity contribution < 1.29 is 14.6 Å². The minimum atomic E-state index is -0.894. The maximum atomic E-state index is 11.7. The highest BCUT2D eigenvalue weighted by Crippen LogP contribution is 2.36. The zero-order valence-electron chi connectivity index (χ0n) is 14.1. The minimum Gasteiger partial charge on any atom is -0.489 e. The van der Waals surface area contributed by atoms with Gasteiger partial charge in [0.05, 0.1) is 17.9 Å². The van der Waals surface area contributed by atoms with Crippen molar-refractivity contribution in [3.63, 3.8) is 0 Å². The molecule has 6 heteroatoms. The van der Waals surface area contributed by atoms with Crippen molar-refractivity contribution in [2.45, 2.75) is 32.4 Å². The van der Waals surface area contributed by atoms with Crippen LogP contribution >= 0.6 is 0 Å². The topological polar surface area (TPSA) is 69.3 Å². The Bertz CT molecular complexity index is 894. The maximum absolute atomic E-state index is 11.7. The third-order valence-electron chi connectivity index (χ3n) is 4.75. The minimum absolute atomic E-state index is 0.142. The van der Waals surface area contributed by atoms with Crippen LogP contribution in [-0.4, -0.2) is 31.8 Å². The van der Waals surface area contributed by atoms with Crippen LogP contribution in [0.4, 0.5) is 0 Å². The smallest absolute Gasteiger partial charge is 0.352 e. The fourth-order valence-corrected chi connectivity index (χ4v) is 3.16. The van der Waals surface area contributed by atoms with Crippen molar-refractivity contribution in [3.8, 4) is 5.75 Å². The predicted molar refractivity (Wildman–Crippen MR) is 94.1 cm³/mol. The summed E-state index contributed by atoms with van der Waals surface area (Å²) in [6, 6.07) is 7.65. The normalized spacial score (nSPS) is 15.4. The molecular weight excluding hydrogens is 318 g/mol. The van der Waals surface area contributed by atoms with Gasteiger partial charge in [-0.2, -0.15) is 0 Å². The fourth-order valence-electron chi connectivity index (χ4n) is 3.16. The number of ether oxygens (including phenoxy) is 1. The van der Waals surface area contributed by atoms with Crippen molar-refractivity contribution in [2.75, 3.05) is 6.61 Å². The number of nitrogens with zero attached hydrogens (tertiary/aromatic N) is 3. The van der Waals surface area contributed by atoms with Gasteiger partial charge in [0.1, 0.15) is 18.1 Å². The number of carboxylic acid groups (broad SMARTS) is 1. The standard InChI is InChI=1S/C19H21N3O3/c1-13(21-8-7-20-12-21)11-25-17-4-2-3-15-9-16(19(23)24)22(18(15)17)10-14-5-6-14/h2-4,7-9,12-14H,5-6,10-11H2,1H3,(H,23,24). The van der Waals surface area contributed by atoms with Gasteiger partial charge in [0, 0.05) is 24.3 Å². The number of carboxylic acids is 1. The van der Waals surface area contributed by atoms with Gasteiger partial charge in [-0.3, -0.25) is 0 Å². The summed E-state index contributed by atoms with van der Waals surface area (Å²) >= 11 is 0. The van der Waals surface area contributed by atoms with Crippen LogP contribution in [0.2, 0.25) is 0 Å². The van der Waals surface area contributed by atoms with Crippen LogP contribution in [0.5, 0.6) is 5.75 Å². The molecule has 3 aromatic rings. The van der Waals surface area contributed by atoms with E-state index in [1.807, 2.05) is 33.5 Å². The van der Waals surface area contributed by atoms with E-state index in [2.05, 4.69) is 11.9 Å². The lowest BCUT2D eigenvalue weighted by Crippen LogP contribution is -2.14. The van der Waals surface area contributed by atoms with Crippen molar-refractivity contribution in [1.29, 1.82) is 0 Å². The van der Waals surface area contributed by atoms with E-state index < -0.39 is 5.97 Å². The molecule has 1 fully saturated rings. The second kappa shape index (κ2) is 6.27. The van der Waals surface area contributed by atoms with Gasteiger partial charge < -0.3 is 19.0 Å². The first-order valence-corrected chi connectivity index (χ1v) is 8.59. The van der Waals surface area contributed by atoms with E-state index in [4.69, 9.17) is 4.74 Å². The van der Waals surface area contributed by atoms with Crippen molar-refractivity contribution >= 4 is 16.9 Å². The Labute approximate surface area is 145 Å². The van der Waals surface area contributed by atoms with E-state index in [1.54, 1.807) is 18.6 Å². The van der Waals surface area contributed by atoms with Gasteiger partial charge in [0.25, 0.3) is 0 Å². The van der Waals surface area contributed by atoms with Gasteiger partial charge in [0.15, 0.2) is 0 Å². The second-order valence-corrected chi connectivity index (χ2v) is 6.75. The molecule has 130 valence electrons. The molecule has 0 amide bonds. The summed E-state index contributed by atoms with van der Waals surface area (Å²) in [6.07, 6.45) is 7.76. The Balaban J connectivity index is 1.67. The Morgan fingerprint density at radius 1 is 1.44 bits per heavy atom. The molecule has 1 saturated carbocycles. The number of para-hydroxylation sites is 1. The van der Waals surface area contributed by atoms with E-state index in [0.29, 0.717) is 18.2 Å². The Hall–Kier alpha value is -2.76. The highest BCUT2D eigenvalue weighted by molar-refractivity contribution is 5.96. The third-order valence-corrected chi connectivity index (χ3v) is 4.75. The molecule has 1 aliphatic carbocycles. The number of aromatic nitrogens is 3. The number of hydrogen-bond acceptors (Lipinski definition) is 3. The molecule has 6 nitrogen and oxygen atoms in total. The summed E-state index contributed by atoms with van der Waals surface area (Å²) in [5.74, 6) is 0.416. The maximum Gasteiger partial charge on any atom is 0.352 e. The molecule has 1 atom stereocenters. The molecule has 1 aromatic carbocycles. The number of imidazole rings is 1. The summed E-state index contributed by atoms with van der Waals surface area (Å²) in [7, 11) is 0. The van der Waals surface area contributed by atoms with Crippen LogP contribution < -0.4 is 4.74 Å². The zero-order valence-corrected chi connectivity index (χ0v) is 14.1. The van der Waals surface area contributed by atoms with Gasteiger partial charge in [-0.15, -0.1) is 0 Å². The average molecular weight is 339 g/mol. The van der Waals surface area contributed by atoms with E-state index in [1.165, 1.54) is 12.8 Å². The molecule has 2 aromatic heterocycles. The summed E-state index contributed by atoms with van der Waals surface area (Å²) < 4.78 is 9.98. The number of benzene rings is 1. The van der Waals surface area contributed by atoms with E-state index in [0.717, 1.165) is 23.2 Å². The monoisotopic (exact) mass is 339 g/mol. The highest BCUT2D eigenvalue weighted by Gasteiger charge is 2.26. The number of aromatic carboxylic acids is 1. The van der Waals surface area contributed by atoms with Gasteiger partial charge in [-0.1, -0.05) is 12.1 Å². The summed E-state index contributed by atoms with van der Waals surface area (Å²) in [4.78, 5) is 15.7. The molecule has 0 spiro atoms. The van der Waals surface area contributed by atoms with E-state index >= 15 is 0 Å². The SMILES string of the molecule is CC(COc1cccc2cc(C(=O)O)n(CC3CC3)c12)n1ccnc1. The predicted octanol–water partition coefficient (Wildman–Crippen LogP) is 3.59. The molecule has 0 bridgehead atoms. The molecule has 0 radical (unpaired) electrons. The van der Waals surface area contributed by atoms with Gasteiger partial charge in [0.2, 0.25) is 0 Å². The lowest BCUT2D eigenvalue weighted by Gasteiger charge is -2.16. The first-order valence-electron chi connectivity index (χ1n) is 8.59. The molecule has 2 heterocycles. The summed E-state index contributed by atoms with van der Waals surface area (Å²) in [5, 5.41) is 10.5. The molecule has 0 aliphatic heterocycles. The Morgan fingerprint density at radius 2 is 2.28 bits per heavy atom. The third kappa shape index (κ3) is 3.12. The number of fused-ring (bicyclic) bond motifs is 1. The van der Waals surface area contributed by atoms with Crippen LogP contribution in [0.1, 0.15) is 36.3 Å². The first kappa shape index (κ1) is 15.7. The Kier molecular flexibility index (Phi) is 3.95. The summed E-state index contributed by atoms with van der Waals surface area (Å²) in [6.45, 7) is 3.29. The van der Waals surface area contributed by atoms with Gasteiger partial charge in [-0.05, 0) is 37.8 Å². The van der Waals surface area contributed by atoms with Crippen LogP contribution in [0.15, 0.2) is 43.0 Å². The zero-order chi connectivity index (χ0) is 17.4. The molecule has 1 unspecified atom stereocenters. The van der Waals surface area contributed by atoms with Crippen LogP contribution in [0, 0.1) is 5.92 Å². The lowest BCUT2D eigenvalue weighted by molar-refractivity contribution is 0.0685. The molecule has 0 saturated heterocycles. The number of hydrogen-bond donors (Lipinski definition) is 1. The quantitative estimate of drug-likeness (QED) is 0.714. The van der Waals surface area contributed by atoms with Crippen molar-refractivity contribution in [1.82, 2.24) is 14.1 Å². The molecule has 25 heavy (non-hydrogen) atoms. The van der Waals surface area contributed by atoms with Crippen LogP contribution in [-0.2, 0) is 6.54 Å². The second-order valence-electron chi connectivity index (χ2n) is 6.75. The number of rotatable bonds is 7. The lowest BCUT2D eigenvalue weighted by atomic mass is 10.2. The first-order chi connectivity index (χ1) is 12.1. The fraction of sp³-hybridized carbons (Fsp3) is 0.368. The van der Waals surface area contributed by atoms with Crippen LogP contribution in [0.3, 0.4) is 0 Å². The van der Waals surface area contributed by atoms with Crippen LogP contribution in [0.25, 0.3) is 10.9 Å². The highest BCUT2D eigenvalue weighted by atomic mass is 16.5. The molecular formula is C19H21N3O3. The summed E-state index contributed by atoms with van der Waals surface area (Å²) in [5.41, 5.74) is 1.21. The van der Waals surface area contributed by atoms with Gasteiger partial charge in [-0.25, -0.2) is 9.78 Å². The van der Waals surface area contributed by atoms with Gasteiger partial charge >= 0.3 is 5.97 Å².